The summed E-state index contributed by atoms with van der Waals surface area (Å²) >= 11 is 3.11. The average molecular weight is 253 g/mol. The Morgan fingerprint density at radius 1 is 1.44 bits per heavy atom. The number of thiazole rings is 1. The first-order valence-corrected chi connectivity index (χ1v) is 7.08. The van der Waals surface area contributed by atoms with Gasteiger partial charge in [-0.3, -0.25) is 0 Å². The number of benzene rings is 1. The maximum absolute atomic E-state index is 13.8. The molecule has 0 saturated carbocycles. The zero-order chi connectivity index (χ0) is 11.5. The van der Waals surface area contributed by atoms with Crippen LogP contribution in [0.5, 0.6) is 0 Å². The summed E-state index contributed by atoms with van der Waals surface area (Å²) in [5.74, 6) is -0.191. The quantitative estimate of drug-likeness (QED) is 0.759. The molecule has 1 aromatic carbocycles. The SMILES string of the molecule is CCc1cnc(-c2c(F)cccc2SC)s1. The highest BCUT2D eigenvalue weighted by molar-refractivity contribution is 7.98. The van der Waals surface area contributed by atoms with Crippen LogP contribution in [0.3, 0.4) is 0 Å². The molecule has 1 nitrogen and oxygen atoms in total. The Labute approximate surface area is 103 Å². The number of hydrogen-bond acceptors (Lipinski definition) is 3. The van der Waals surface area contributed by atoms with Crippen molar-refractivity contribution in [3.63, 3.8) is 0 Å². The van der Waals surface area contributed by atoms with E-state index >= 15 is 0 Å². The molecule has 0 unspecified atom stereocenters. The van der Waals surface area contributed by atoms with Gasteiger partial charge < -0.3 is 0 Å². The second kappa shape index (κ2) is 4.97. The fraction of sp³-hybridized carbons (Fsp3) is 0.250. The molecular formula is C12H12FNS2. The van der Waals surface area contributed by atoms with Crippen LogP contribution in [0.4, 0.5) is 4.39 Å². The Balaban J connectivity index is 2.53. The number of halogens is 1. The summed E-state index contributed by atoms with van der Waals surface area (Å²) in [5.41, 5.74) is 0.639. The lowest BCUT2D eigenvalue weighted by Crippen LogP contribution is -1.86. The summed E-state index contributed by atoms with van der Waals surface area (Å²) in [6, 6.07) is 5.15. The predicted molar refractivity (Wildman–Crippen MR) is 68.7 cm³/mol. The topological polar surface area (TPSA) is 12.9 Å². The van der Waals surface area contributed by atoms with Crippen LogP contribution in [0, 0.1) is 5.82 Å². The van der Waals surface area contributed by atoms with Crippen molar-refractivity contribution in [2.75, 3.05) is 6.26 Å². The van der Waals surface area contributed by atoms with Gasteiger partial charge in [-0.2, -0.15) is 0 Å². The van der Waals surface area contributed by atoms with Crippen LogP contribution < -0.4 is 0 Å². The summed E-state index contributed by atoms with van der Waals surface area (Å²) in [4.78, 5) is 6.42. The number of rotatable bonds is 3. The van der Waals surface area contributed by atoms with E-state index in [4.69, 9.17) is 0 Å². The van der Waals surface area contributed by atoms with E-state index in [-0.39, 0.29) is 5.82 Å². The maximum atomic E-state index is 13.8. The first-order valence-electron chi connectivity index (χ1n) is 5.03. The van der Waals surface area contributed by atoms with Gasteiger partial charge in [-0.15, -0.1) is 23.1 Å². The van der Waals surface area contributed by atoms with Crippen LogP contribution in [0.15, 0.2) is 29.3 Å². The predicted octanol–water partition coefficient (Wildman–Crippen LogP) is 4.23. The Morgan fingerprint density at radius 3 is 2.88 bits per heavy atom. The highest BCUT2D eigenvalue weighted by Gasteiger charge is 2.13. The molecule has 16 heavy (non-hydrogen) atoms. The molecule has 0 amide bonds. The number of thioether (sulfide) groups is 1. The second-order valence-corrected chi connectivity index (χ2v) is 5.27. The van der Waals surface area contributed by atoms with Gasteiger partial charge in [0.15, 0.2) is 0 Å². The molecule has 2 aromatic rings. The first-order chi connectivity index (χ1) is 7.76. The summed E-state index contributed by atoms with van der Waals surface area (Å²) in [6.07, 6.45) is 4.73. The van der Waals surface area contributed by atoms with E-state index in [1.807, 2.05) is 18.5 Å². The fourth-order valence-corrected chi connectivity index (χ4v) is 3.06. The van der Waals surface area contributed by atoms with Crippen molar-refractivity contribution in [1.29, 1.82) is 0 Å². The van der Waals surface area contributed by atoms with Crippen molar-refractivity contribution >= 4 is 23.1 Å². The van der Waals surface area contributed by atoms with E-state index in [0.717, 1.165) is 16.3 Å². The van der Waals surface area contributed by atoms with E-state index in [1.54, 1.807) is 29.2 Å². The normalized spacial score (nSPS) is 10.7. The molecule has 2 rings (SSSR count). The second-order valence-electron chi connectivity index (χ2n) is 3.30. The smallest absolute Gasteiger partial charge is 0.134 e. The highest BCUT2D eigenvalue weighted by Crippen LogP contribution is 2.34. The van der Waals surface area contributed by atoms with E-state index in [0.29, 0.717) is 5.56 Å². The Morgan fingerprint density at radius 2 is 2.25 bits per heavy atom. The molecule has 0 fully saturated rings. The highest BCUT2D eigenvalue weighted by atomic mass is 32.2. The molecule has 0 spiro atoms. The van der Waals surface area contributed by atoms with Crippen LogP contribution in [0.25, 0.3) is 10.6 Å². The molecule has 1 aromatic heterocycles. The molecule has 0 radical (unpaired) electrons. The van der Waals surface area contributed by atoms with Crippen LogP contribution >= 0.6 is 23.1 Å². The minimum absolute atomic E-state index is 0.191. The van der Waals surface area contributed by atoms with Gasteiger partial charge in [0.1, 0.15) is 10.8 Å². The molecule has 0 aliphatic heterocycles. The molecule has 0 aliphatic rings. The summed E-state index contributed by atoms with van der Waals surface area (Å²) < 4.78 is 13.8. The monoisotopic (exact) mass is 253 g/mol. The number of hydrogen-bond donors (Lipinski definition) is 0. The molecule has 0 aliphatic carbocycles. The molecule has 0 saturated heterocycles. The lowest BCUT2D eigenvalue weighted by molar-refractivity contribution is 0.628. The van der Waals surface area contributed by atoms with Crippen molar-refractivity contribution in [2.45, 2.75) is 18.2 Å². The number of aromatic nitrogens is 1. The van der Waals surface area contributed by atoms with Crippen molar-refractivity contribution < 1.29 is 4.39 Å². The molecule has 0 N–H and O–H groups in total. The van der Waals surface area contributed by atoms with Gasteiger partial charge in [0.2, 0.25) is 0 Å². The third kappa shape index (κ3) is 2.13. The molecular weight excluding hydrogens is 241 g/mol. The zero-order valence-corrected chi connectivity index (χ0v) is 10.8. The largest absolute Gasteiger partial charge is 0.244 e. The minimum Gasteiger partial charge on any atom is -0.244 e. The number of nitrogens with zero attached hydrogens (tertiary/aromatic N) is 1. The fourth-order valence-electron chi connectivity index (χ4n) is 1.47. The lowest BCUT2D eigenvalue weighted by atomic mass is 10.2. The Hall–Kier alpha value is -0.870. The van der Waals surface area contributed by atoms with Gasteiger partial charge in [0.05, 0.1) is 5.56 Å². The van der Waals surface area contributed by atoms with E-state index in [9.17, 15) is 4.39 Å². The van der Waals surface area contributed by atoms with Gasteiger partial charge in [-0.25, -0.2) is 9.37 Å². The van der Waals surface area contributed by atoms with Crippen LogP contribution in [0.1, 0.15) is 11.8 Å². The minimum atomic E-state index is -0.191. The number of aryl methyl sites for hydroxylation is 1. The van der Waals surface area contributed by atoms with Crippen molar-refractivity contribution in [2.24, 2.45) is 0 Å². The van der Waals surface area contributed by atoms with Crippen LogP contribution in [-0.2, 0) is 6.42 Å². The first kappa shape index (κ1) is 11.6. The third-order valence-corrected chi connectivity index (χ3v) is 4.25. The maximum Gasteiger partial charge on any atom is 0.134 e. The van der Waals surface area contributed by atoms with Crippen molar-refractivity contribution in [3.8, 4) is 10.6 Å². The van der Waals surface area contributed by atoms with E-state index in [2.05, 4.69) is 11.9 Å². The van der Waals surface area contributed by atoms with Crippen molar-refractivity contribution in [1.82, 2.24) is 4.98 Å². The van der Waals surface area contributed by atoms with Gasteiger partial charge in [-0.05, 0) is 24.8 Å². The standard InChI is InChI=1S/C12H12FNS2/c1-3-8-7-14-12(16-8)11-9(13)5-4-6-10(11)15-2/h4-7H,3H2,1-2H3. The van der Waals surface area contributed by atoms with Gasteiger partial charge in [0.25, 0.3) is 0 Å². The molecule has 4 heteroatoms. The summed E-state index contributed by atoms with van der Waals surface area (Å²) in [7, 11) is 0. The Kier molecular flexibility index (Phi) is 3.61. The van der Waals surface area contributed by atoms with Crippen LogP contribution in [-0.4, -0.2) is 11.2 Å². The van der Waals surface area contributed by atoms with E-state index < -0.39 is 0 Å². The lowest BCUT2D eigenvalue weighted by Gasteiger charge is -2.04. The van der Waals surface area contributed by atoms with E-state index in [1.165, 1.54) is 10.9 Å². The summed E-state index contributed by atoms with van der Waals surface area (Å²) in [6.45, 7) is 2.08. The molecule has 84 valence electrons. The van der Waals surface area contributed by atoms with Crippen molar-refractivity contribution in [3.05, 3.63) is 35.1 Å². The molecule has 0 bridgehead atoms. The van der Waals surface area contributed by atoms with Gasteiger partial charge in [-0.1, -0.05) is 13.0 Å². The Bertz CT molecular complexity index is 494. The van der Waals surface area contributed by atoms with Crippen LogP contribution in [0.2, 0.25) is 0 Å². The molecule has 0 atom stereocenters. The average Bonchev–Trinajstić information content (AvgIpc) is 2.76. The third-order valence-electron chi connectivity index (χ3n) is 2.31. The summed E-state index contributed by atoms with van der Waals surface area (Å²) in [5, 5.41) is 0.777. The zero-order valence-electron chi connectivity index (χ0n) is 9.16. The van der Waals surface area contributed by atoms with Gasteiger partial charge >= 0.3 is 0 Å². The van der Waals surface area contributed by atoms with Gasteiger partial charge in [0, 0.05) is 16.0 Å². The molecule has 1 heterocycles.